The molecule has 140 valence electrons. The maximum atomic E-state index is 11.3. The summed E-state index contributed by atoms with van der Waals surface area (Å²) in [6.07, 6.45) is 3.57. The number of aliphatic hydroxyl groups excluding tert-OH is 2. The van der Waals surface area contributed by atoms with Gasteiger partial charge in [-0.1, -0.05) is 45.5 Å². The maximum absolute atomic E-state index is 11.3. The third kappa shape index (κ3) is 2.52. The Bertz CT molecular complexity index is 694. The summed E-state index contributed by atoms with van der Waals surface area (Å²) >= 11 is 0. The number of rotatable bonds is 4. The monoisotopic (exact) mass is 362 g/mol. The van der Waals surface area contributed by atoms with Gasteiger partial charge in [-0.3, -0.25) is 0 Å². The second kappa shape index (κ2) is 5.83. The van der Waals surface area contributed by atoms with Crippen LogP contribution in [-0.2, 0) is 0 Å². The molecule has 25 heavy (non-hydrogen) atoms. The van der Waals surface area contributed by atoms with Crippen LogP contribution in [0.5, 0.6) is 0 Å². The van der Waals surface area contributed by atoms with Gasteiger partial charge in [-0.15, -0.1) is 0 Å². The molecule has 3 nitrogen and oxygen atoms in total. The van der Waals surface area contributed by atoms with Crippen LogP contribution in [0.4, 0.5) is 0 Å². The van der Waals surface area contributed by atoms with Crippen LogP contribution in [0.3, 0.4) is 0 Å². The predicted octanol–water partition coefficient (Wildman–Crippen LogP) is 4.30. The summed E-state index contributed by atoms with van der Waals surface area (Å²) in [5, 5.41) is 22.8. The van der Waals surface area contributed by atoms with Crippen molar-refractivity contribution in [2.45, 2.75) is 71.7 Å². The van der Waals surface area contributed by atoms with Gasteiger partial charge in [0, 0.05) is 5.41 Å². The van der Waals surface area contributed by atoms with Crippen molar-refractivity contribution in [3.8, 4) is 0 Å². The molecule has 1 aromatic heterocycles. The third-order valence-corrected chi connectivity index (χ3v) is 13.0. The first kappa shape index (κ1) is 18.9. The fourth-order valence-corrected chi connectivity index (χ4v) is 6.96. The van der Waals surface area contributed by atoms with Gasteiger partial charge in [0.2, 0.25) is 0 Å². The van der Waals surface area contributed by atoms with Crippen LogP contribution in [0.2, 0.25) is 18.1 Å². The molecule has 1 saturated carbocycles. The van der Waals surface area contributed by atoms with Crippen molar-refractivity contribution < 1.29 is 14.6 Å². The van der Waals surface area contributed by atoms with Gasteiger partial charge in [-0.25, -0.2) is 0 Å². The Hall–Kier alpha value is -0.843. The van der Waals surface area contributed by atoms with Gasteiger partial charge in [0.25, 0.3) is 0 Å². The van der Waals surface area contributed by atoms with E-state index in [2.05, 4.69) is 53.8 Å². The van der Waals surface area contributed by atoms with E-state index < -0.39 is 19.6 Å². The molecule has 1 heterocycles. The van der Waals surface area contributed by atoms with E-state index >= 15 is 0 Å². The molecule has 1 aromatic rings. The van der Waals surface area contributed by atoms with Crippen molar-refractivity contribution in [1.82, 2.24) is 0 Å². The summed E-state index contributed by atoms with van der Waals surface area (Å²) in [7, 11) is -1.81. The second-order valence-electron chi connectivity index (χ2n) is 9.88. The van der Waals surface area contributed by atoms with E-state index in [0.29, 0.717) is 11.7 Å². The van der Waals surface area contributed by atoms with E-state index in [1.807, 2.05) is 6.07 Å². The number of aliphatic hydroxyl groups is 2. The number of hydrogen-bond acceptors (Lipinski definition) is 3. The van der Waals surface area contributed by atoms with Crippen molar-refractivity contribution >= 4 is 13.5 Å². The lowest BCUT2D eigenvalue weighted by Gasteiger charge is -2.60. The van der Waals surface area contributed by atoms with Crippen LogP contribution in [0.25, 0.3) is 0 Å². The number of aryl methyl sites for hydroxylation is 1. The van der Waals surface area contributed by atoms with Crippen molar-refractivity contribution in [1.29, 1.82) is 0 Å². The van der Waals surface area contributed by atoms with Gasteiger partial charge < -0.3 is 14.6 Å². The zero-order valence-corrected chi connectivity index (χ0v) is 17.8. The van der Waals surface area contributed by atoms with E-state index in [1.165, 1.54) is 5.57 Å². The molecule has 2 unspecified atom stereocenters. The molecule has 0 aromatic carbocycles. The lowest BCUT2D eigenvalue weighted by molar-refractivity contribution is -0.169. The van der Waals surface area contributed by atoms with Crippen LogP contribution in [-0.4, -0.2) is 24.9 Å². The van der Waals surface area contributed by atoms with Crippen molar-refractivity contribution in [2.24, 2.45) is 17.3 Å². The summed E-state index contributed by atoms with van der Waals surface area (Å²) in [5.41, 5.74) is 1.99. The summed E-state index contributed by atoms with van der Waals surface area (Å²) < 4.78 is 6.33. The first-order valence-corrected chi connectivity index (χ1v) is 12.5. The van der Waals surface area contributed by atoms with Gasteiger partial charge in [0.15, 0.2) is 0 Å². The van der Waals surface area contributed by atoms with Crippen molar-refractivity contribution in [3.63, 3.8) is 0 Å². The van der Waals surface area contributed by atoms with Gasteiger partial charge in [0.05, 0.1) is 12.0 Å². The molecular formula is C21H34O3Si. The molecule has 0 saturated heterocycles. The normalized spacial score (nSPS) is 30.7. The zero-order chi connectivity index (χ0) is 18.8. The standard InChI is InChI=1S/C21H34O3Si/c1-13-8-9-15-11-16(13)21(15,12-22)18(23)17-10-14(2)19(24-17)25(6,7)20(3,4)5/h8,10,15-16,18,22-23H,9,11-12H2,1-7H3/t15?,16-,18+,21?/m0/s1. The average Bonchev–Trinajstić information content (AvgIpc) is 2.89. The van der Waals surface area contributed by atoms with E-state index in [9.17, 15) is 10.2 Å². The van der Waals surface area contributed by atoms with E-state index in [1.54, 1.807) is 0 Å². The van der Waals surface area contributed by atoms with Gasteiger partial charge in [-0.2, -0.15) is 0 Å². The number of furan rings is 1. The maximum Gasteiger partial charge on any atom is 0.132 e. The first-order valence-electron chi connectivity index (χ1n) is 9.53. The summed E-state index contributed by atoms with van der Waals surface area (Å²) in [4.78, 5) is 0. The highest BCUT2D eigenvalue weighted by molar-refractivity contribution is 6.91. The van der Waals surface area contributed by atoms with Crippen molar-refractivity contribution in [2.75, 3.05) is 6.61 Å². The predicted molar refractivity (Wildman–Crippen MR) is 105 cm³/mol. The number of hydrogen-bond donors (Lipinski definition) is 2. The fourth-order valence-electron chi connectivity index (χ4n) is 4.85. The molecule has 4 heteroatoms. The van der Waals surface area contributed by atoms with Crippen molar-refractivity contribution in [3.05, 3.63) is 29.0 Å². The Balaban J connectivity index is 1.99. The topological polar surface area (TPSA) is 53.6 Å². The quantitative estimate of drug-likeness (QED) is 0.620. The summed E-state index contributed by atoms with van der Waals surface area (Å²) in [6, 6.07) is 2.02. The molecule has 0 spiro atoms. The molecule has 3 aliphatic rings. The number of fused-ring (bicyclic) bond motifs is 1. The average molecular weight is 363 g/mol. The Morgan fingerprint density at radius 1 is 1.32 bits per heavy atom. The van der Waals surface area contributed by atoms with Gasteiger partial charge in [0.1, 0.15) is 19.9 Å². The Morgan fingerprint density at radius 3 is 2.44 bits per heavy atom. The molecule has 1 fully saturated rings. The third-order valence-electron chi connectivity index (χ3n) is 7.63. The van der Waals surface area contributed by atoms with E-state index in [0.717, 1.165) is 23.8 Å². The molecule has 4 atom stereocenters. The van der Waals surface area contributed by atoms with Crippen LogP contribution < -0.4 is 5.38 Å². The van der Waals surface area contributed by atoms with Gasteiger partial charge >= 0.3 is 0 Å². The van der Waals surface area contributed by atoms with Crippen LogP contribution in [0.1, 0.15) is 58.0 Å². The lowest BCUT2D eigenvalue weighted by Crippen LogP contribution is -2.57. The Kier molecular flexibility index (Phi) is 4.42. The molecule has 4 rings (SSSR count). The smallest absolute Gasteiger partial charge is 0.132 e. The second-order valence-corrected chi connectivity index (χ2v) is 15.1. The molecular weight excluding hydrogens is 328 g/mol. The SMILES string of the molecule is CC1=CCC2C[C@@H]1C2(CO)[C@H](O)c1cc(C)c([Si](C)(C)C(C)(C)C)o1. The zero-order valence-electron chi connectivity index (χ0n) is 16.8. The molecule has 0 radical (unpaired) electrons. The van der Waals surface area contributed by atoms with Crippen LogP contribution in [0, 0.1) is 24.2 Å². The summed E-state index contributed by atoms with van der Waals surface area (Å²) in [6.45, 7) is 15.7. The summed E-state index contributed by atoms with van der Waals surface area (Å²) in [5.74, 6) is 1.27. The Morgan fingerprint density at radius 2 is 1.96 bits per heavy atom. The van der Waals surface area contributed by atoms with E-state index in [4.69, 9.17) is 4.42 Å². The number of allylic oxidation sites excluding steroid dienone is 2. The minimum atomic E-state index is -1.81. The highest BCUT2D eigenvalue weighted by Crippen LogP contribution is 2.64. The molecule has 2 bridgehead atoms. The largest absolute Gasteiger partial charge is 0.468 e. The van der Waals surface area contributed by atoms with E-state index in [-0.39, 0.29) is 17.6 Å². The lowest BCUT2D eigenvalue weighted by atomic mass is 9.45. The molecule has 2 N–H and O–H groups in total. The minimum absolute atomic E-state index is 0.0177. The minimum Gasteiger partial charge on any atom is -0.468 e. The van der Waals surface area contributed by atoms with Gasteiger partial charge in [-0.05, 0) is 55.2 Å². The van der Waals surface area contributed by atoms with Crippen LogP contribution in [0.15, 0.2) is 22.1 Å². The highest BCUT2D eigenvalue weighted by atomic mass is 28.3. The molecule has 0 amide bonds. The fraction of sp³-hybridized carbons (Fsp3) is 0.714. The van der Waals surface area contributed by atoms with Crippen LogP contribution >= 0.6 is 0 Å². The Labute approximate surface area is 153 Å². The molecule has 0 aliphatic heterocycles. The first-order chi connectivity index (χ1) is 11.5. The molecule has 3 aliphatic carbocycles. The highest BCUT2D eigenvalue weighted by Gasteiger charge is 2.61.